The van der Waals surface area contributed by atoms with Crippen LogP contribution in [-0.4, -0.2) is 21.6 Å². The standard InChI is InChI=1S/C17H22N2O2/c1-4-19-13(2)10-16(20)17(21)15(19)12-18(3)11-14-8-6-5-7-9-14/h5-10,21H,4,11-12H2,1-3H3. The van der Waals surface area contributed by atoms with E-state index in [-0.39, 0.29) is 11.2 Å². The molecule has 2 aromatic rings. The molecule has 0 bridgehead atoms. The van der Waals surface area contributed by atoms with E-state index in [1.807, 2.05) is 43.7 Å². The summed E-state index contributed by atoms with van der Waals surface area (Å²) >= 11 is 0. The molecule has 1 aromatic heterocycles. The van der Waals surface area contributed by atoms with Crippen molar-refractivity contribution in [2.45, 2.75) is 33.5 Å². The Kier molecular flexibility index (Phi) is 4.81. The monoisotopic (exact) mass is 286 g/mol. The van der Waals surface area contributed by atoms with Gasteiger partial charge < -0.3 is 9.67 Å². The first-order valence-electron chi connectivity index (χ1n) is 7.17. The van der Waals surface area contributed by atoms with E-state index in [1.165, 1.54) is 11.6 Å². The predicted molar refractivity (Wildman–Crippen MR) is 84.4 cm³/mol. The quantitative estimate of drug-likeness (QED) is 0.918. The maximum atomic E-state index is 11.8. The van der Waals surface area contributed by atoms with Gasteiger partial charge in [0.15, 0.2) is 5.75 Å². The summed E-state index contributed by atoms with van der Waals surface area (Å²) in [5.41, 5.74) is 2.46. The van der Waals surface area contributed by atoms with Crippen molar-refractivity contribution in [3.8, 4) is 5.75 Å². The van der Waals surface area contributed by atoms with E-state index in [0.717, 1.165) is 18.8 Å². The molecule has 0 atom stereocenters. The van der Waals surface area contributed by atoms with Crippen LogP contribution in [0.5, 0.6) is 5.75 Å². The maximum Gasteiger partial charge on any atom is 0.223 e. The molecular formula is C17H22N2O2. The van der Waals surface area contributed by atoms with Gasteiger partial charge in [0, 0.05) is 31.4 Å². The maximum absolute atomic E-state index is 11.8. The summed E-state index contributed by atoms with van der Waals surface area (Å²) in [6.07, 6.45) is 0. The summed E-state index contributed by atoms with van der Waals surface area (Å²) in [4.78, 5) is 13.9. The van der Waals surface area contributed by atoms with Gasteiger partial charge in [-0.1, -0.05) is 30.3 Å². The highest BCUT2D eigenvalue weighted by Crippen LogP contribution is 2.17. The van der Waals surface area contributed by atoms with Crippen molar-refractivity contribution in [1.29, 1.82) is 0 Å². The Morgan fingerprint density at radius 3 is 2.48 bits per heavy atom. The SMILES string of the molecule is CCn1c(C)cc(=O)c(O)c1CN(C)Cc1ccccc1. The molecule has 4 nitrogen and oxygen atoms in total. The van der Waals surface area contributed by atoms with E-state index in [9.17, 15) is 9.90 Å². The molecule has 4 heteroatoms. The molecule has 0 saturated heterocycles. The third-order valence-electron chi connectivity index (χ3n) is 3.63. The molecule has 1 heterocycles. The smallest absolute Gasteiger partial charge is 0.223 e. The fourth-order valence-corrected chi connectivity index (χ4v) is 2.63. The van der Waals surface area contributed by atoms with Gasteiger partial charge in [0.1, 0.15) is 0 Å². The van der Waals surface area contributed by atoms with Gasteiger partial charge in [-0.05, 0) is 26.5 Å². The summed E-state index contributed by atoms with van der Waals surface area (Å²) in [5.74, 6) is -0.137. The number of rotatable bonds is 5. The summed E-state index contributed by atoms with van der Waals surface area (Å²) in [7, 11) is 1.99. The Morgan fingerprint density at radius 1 is 1.19 bits per heavy atom. The van der Waals surface area contributed by atoms with Crippen LogP contribution < -0.4 is 5.43 Å². The van der Waals surface area contributed by atoms with E-state index in [4.69, 9.17) is 0 Å². The number of benzene rings is 1. The molecule has 0 amide bonds. The Bertz CT molecular complexity index is 662. The lowest BCUT2D eigenvalue weighted by Gasteiger charge is -2.22. The molecule has 0 aliphatic carbocycles. The van der Waals surface area contributed by atoms with Gasteiger partial charge in [-0.15, -0.1) is 0 Å². The topological polar surface area (TPSA) is 45.5 Å². The molecule has 0 unspecified atom stereocenters. The van der Waals surface area contributed by atoms with E-state index >= 15 is 0 Å². The van der Waals surface area contributed by atoms with Crippen LogP contribution in [-0.2, 0) is 19.6 Å². The van der Waals surface area contributed by atoms with Gasteiger partial charge in [-0.3, -0.25) is 9.69 Å². The third kappa shape index (κ3) is 3.52. The summed E-state index contributed by atoms with van der Waals surface area (Å²) < 4.78 is 1.98. The molecule has 2 rings (SSSR count). The molecule has 112 valence electrons. The van der Waals surface area contributed by atoms with Crippen molar-refractivity contribution in [2.24, 2.45) is 0 Å². The minimum atomic E-state index is -0.305. The second kappa shape index (κ2) is 6.59. The molecule has 0 fully saturated rings. The number of hydrogen-bond donors (Lipinski definition) is 1. The lowest BCUT2D eigenvalue weighted by molar-refractivity contribution is 0.299. The summed E-state index contributed by atoms with van der Waals surface area (Å²) in [6.45, 7) is 5.94. The van der Waals surface area contributed by atoms with Crippen LogP contribution >= 0.6 is 0 Å². The fraction of sp³-hybridized carbons (Fsp3) is 0.353. The zero-order valence-electron chi connectivity index (χ0n) is 12.8. The molecule has 0 spiro atoms. The van der Waals surface area contributed by atoms with Crippen LogP contribution in [0.25, 0.3) is 0 Å². The zero-order chi connectivity index (χ0) is 15.4. The molecule has 21 heavy (non-hydrogen) atoms. The van der Waals surface area contributed by atoms with Gasteiger partial charge in [0.05, 0.1) is 5.69 Å². The van der Waals surface area contributed by atoms with Gasteiger partial charge in [-0.2, -0.15) is 0 Å². The number of aromatic nitrogens is 1. The molecule has 1 N–H and O–H groups in total. The lowest BCUT2D eigenvalue weighted by Crippen LogP contribution is -2.23. The van der Waals surface area contributed by atoms with E-state index in [1.54, 1.807) is 0 Å². The second-order valence-corrected chi connectivity index (χ2v) is 5.35. The highest BCUT2D eigenvalue weighted by Gasteiger charge is 2.14. The lowest BCUT2D eigenvalue weighted by atomic mass is 10.2. The van der Waals surface area contributed by atoms with Gasteiger partial charge in [0.2, 0.25) is 5.43 Å². The molecule has 0 aliphatic rings. The minimum absolute atomic E-state index is 0.137. The van der Waals surface area contributed by atoms with Gasteiger partial charge >= 0.3 is 0 Å². The Morgan fingerprint density at radius 2 is 1.86 bits per heavy atom. The van der Waals surface area contributed by atoms with Gasteiger partial charge in [0.25, 0.3) is 0 Å². The van der Waals surface area contributed by atoms with Crippen molar-refractivity contribution in [1.82, 2.24) is 9.47 Å². The number of pyridine rings is 1. The minimum Gasteiger partial charge on any atom is -0.503 e. The van der Waals surface area contributed by atoms with Crippen LogP contribution in [0.4, 0.5) is 0 Å². The largest absolute Gasteiger partial charge is 0.503 e. The number of hydrogen-bond acceptors (Lipinski definition) is 3. The third-order valence-corrected chi connectivity index (χ3v) is 3.63. The zero-order valence-corrected chi connectivity index (χ0v) is 12.8. The molecule has 0 radical (unpaired) electrons. The molecular weight excluding hydrogens is 264 g/mol. The summed E-state index contributed by atoms with van der Waals surface area (Å²) in [6, 6.07) is 11.6. The average Bonchev–Trinajstić information content (AvgIpc) is 2.45. The second-order valence-electron chi connectivity index (χ2n) is 5.35. The Hall–Kier alpha value is -2.07. The van der Waals surface area contributed by atoms with E-state index in [0.29, 0.717) is 12.2 Å². The van der Waals surface area contributed by atoms with Crippen molar-refractivity contribution in [3.63, 3.8) is 0 Å². The van der Waals surface area contributed by atoms with E-state index in [2.05, 4.69) is 17.0 Å². The van der Waals surface area contributed by atoms with Crippen molar-refractivity contribution < 1.29 is 5.11 Å². The highest BCUT2D eigenvalue weighted by atomic mass is 16.3. The number of aromatic hydroxyl groups is 1. The van der Waals surface area contributed by atoms with Crippen molar-refractivity contribution in [2.75, 3.05) is 7.05 Å². The average molecular weight is 286 g/mol. The first-order valence-corrected chi connectivity index (χ1v) is 7.17. The number of aryl methyl sites for hydroxylation is 1. The van der Waals surface area contributed by atoms with Crippen molar-refractivity contribution in [3.05, 3.63) is 63.6 Å². The normalized spacial score (nSPS) is 11.0. The first-order chi connectivity index (χ1) is 10.0. The Labute approximate surface area is 125 Å². The predicted octanol–water partition coefficient (Wildman–Crippen LogP) is 2.51. The number of nitrogens with zero attached hydrogens (tertiary/aromatic N) is 2. The van der Waals surface area contributed by atoms with Crippen LogP contribution in [0.15, 0.2) is 41.2 Å². The molecule has 1 aromatic carbocycles. The molecule has 0 aliphatic heterocycles. The van der Waals surface area contributed by atoms with Crippen LogP contribution in [0.2, 0.25) is 0 Å². The van der Waals surface area contributed by atoms with Crippen LogP contribution in [0, 0.1) is 6.92 Å². The first kappa shape index (κ1) is 15.3. The van der Waals surface area contributed by atoms with Crippen LogP contribution in [0.1, 0.15) is 23.9 Å². The van der Waals surface area contributed by atoms with Crippen molar-refractivity contribution >= 4 is 0 Å². The van der Waals surface area contributed by atoms with Crippen LogP contribution in [0.3, 0.4) is 0 Å². The molecule has 0 saturated carbocycles. The van der Waals surface area contributed by atoms with E-state index < -0.39 is 0 Å². The Balaban J connectivity index is 2.24. The summed E-state index contributed by atoms with van der Waals surface area (Å²) in [5, 5.41) is 10.1. The highest BCUT2D eigenvalue weighted by molar-refractivity contribution is 5.30. The fourth-order valence-electron chi connectivity index (χ4n) is 2.63. The van der Waals surface area contributed by atoms with Gasteiger partial charge in [-0.25, -0.2) is 0 Å².